The molecule has 5 rings (SSSR count). The van der Waals surface area contributed by atoms with Crippen LogP contribution in [0.5, 0.6) is 0 Å². The second-order valence-corrected chi connectivity index (χ2v) is 8.28. The van der Waals surface area contributed by atoms with Crippen molar-refractivity contribution in [2.75, 3.05) is 5.32 Å². The van der Waals surface area contributed by atoms with E-state index in [2.05, 4.69) is 15.3 Å². The summed E-state index contributed by atoms with van der Waals surface area (Å²) in [6, 6.07) is 16.7. The lowest BCUT2D eigenvalue weighted by molar-refractivity contribution is -0.384. The highest BCUT2D eigenvalue weighted by molar-refractivity contribution is 6.33. The van der Waals surface area contributed by atoms with Crippen LogP contribution in [0, 0.1) is 10.1 Å². The van der Waals surface area contributed by atoms with Crippen LogP contribution in [0.4, 0.5) is 11.4 Å². The van der Waals surface area contributed by atoms with E-state index >= 15 is 0 Å². The van der Waals surface area contributed by atoms with Crippen LogP contribution in [0.1, 0.15) is 12.8 Å². The second-order valence-electron chi connectivity index (χ2n) is 7.88. The van der Waals surface area contributed by atoms with Gasteiger partial charge in [0.05, 0.1) is 32.6 Å². The molecule has 0 saturated heterocycles. The van der Waals surface area contributed by atoms with Gasteiger partial charge in [0.25, 0.3) is 5.69 Å². The summed E-state index contributed by atoms with van der Waals surface area (Å²) in [5.74, 6) is -0.205. The zero-order valence-corrected chi connectivity index (χ0v) is 18.9. The van der Waals surface area contributed by atoms with E-state index in [4.69, 9.17) is 16.0 Å². The van der Waals surface area contributed by atoms with Gasteiger partial charge in [-0.1, -0.05) is 23.7 Å². The molecule has 0 fully saturated rings. The van der Waals surface area contributed by atoms with Crippen molar-refractivity contribution in [3.8, 4) is 11.4 Å². The summed E-state index contributed by atoms with van der Waals surface area (Å²) in [6.07, 6.45) is 0.540. The fraction of sp³-hybridized carbons (Fsp3) is 0.125. The number of aryl methyl sites for hydroxylation is 1. The number of anilines is 1. The number of hydrogen-bond acceptors (Lipinski definition) is 6. The Hall–Kier alpha value is -4.44. The summed E-state index contributed by atoms with van der Waals surface area (Å²) in [7, 11) is 0. The first-order valence-corrected chi connectivity index (χ1v) is 11.1. The average molecular weight is 492 g/mol. The molecular weight excluding hydrogens is 474 g/mol. The lowest BCUT2D eigenvalue weighted by atomic mass is 10.2. The van der Waals surface area contributed by atoms with E-state index in [1.54, 1.807) is 24.3 Å². The summed E-state index contributed by atoms with van der Waals surface area (Å²) < 4.78 is 6.47. The average Bonchev–Trinajstić information content (AvgIpc) is 3.39. The van der Waals surface area contributed by atoms with Gasteiger partial charge in [-0.15, -0.1) is 0 Å². The zero-order chi connectivity index (χ0) is 24.5. The Morgan fingerprint density at radius 3 is 2.80 bits per heavy atom. The number of nitrogens with zero attached hydrogens (tertiary/aromatic N) is 3. The van der Waals surface area contributed by atoms with Crippen molar-refractivity contribution in [2.24, 2.45) is 0 Å². The highest BCUT2D eigenvalue weighted by Crippen LogP contribution is 2.28. The number of nitrogens with one attached hydrogen (secondary N) is 2. The molecule has 0 saturated carbocycles. The number of imidazole rings is 1. The Balaban J connectivity index is 1.24. The van der Waals surface area contributed by atoms with E-state index in [0.29, 0.717) is 28.5 Å². The number of aromatic nitrogens is 3. The number of aromatic amines is 1. The number of fused-ring (bicyclic) bond motifs is 2. The van der Waals surface area contributed by atoms with Crippen molar-refractivity contribution in [3.63, 3.8) is 0 Å². The van der Waals surface area contributed by atoms with Crippen LogP contribution in [0.15, 0.2) is 69.9 Å². The number of H-pyrrole nitrogens is 1. The number of carbonyl (C=O) groups is 1. The van der Waals surface area contributed by atoms with Crippen molar-refractivity contribution < 1.29 is 14.1 Å². The number of rotatable bonds is 7. The van der Waals surface area contributed by atoms with Crippen LogP contribution >= 0.6 is 11.6 Å². The largest absolute Gasteiger partial charge is 0.419 e. The SMILES string of the molecule is O=C(CCCn1c(=O)oc2cc([N+](=O)[O-])ccc21)Nc1ccc2nc(-c3ccccc3Cl)[nH]c2c1. The molecule has 0 spiro atoms. The first kappa shape index (κ1) is 22.4. The third kappa shape index (κ3) is 4.51. The molecule has 1 amide bonds. The minimum Gasteiger partial charge on any atom is -0.407 e. The number of nitro groups is 1. The first-order valence-electron chi connectivity index (χ1n) is 10.7. The molecule has 0 aliphatic heterocycles. The number of hydrogen-bond donors (Lipinski definition) is 2. The van der Waals surface area contributed by atoms with E-state index in [0.717, 1.165) is 16.6 Å². The summed E-state index contributed by atoms with van der Waals surface area (Å²) >= 11 is 6.26. The predicted molar refractivity (Wildman–Crippen MR) is 132 cm³/mol. The molecule has 10 nitrogen and oxygen atoms in total. The van der Waals surface area contributed by atoms with Crippen molar-refractivity contribution in [2.45, 2.75) is 19.4 Å². The van der Waals surface area contributed by atoms with Crippen LogP contribution in [-0.2, 0) is 11.3 Å². The van der Waals surface area contributed by atoms with E-state index in [9.17, 15) is 19.7 Å². The van der Waals surface area contributed by atoms with Gasteiger partial charge in [0.1, 0.15) is 5.82 Å². The van der Waals surface area contributed by atoms with Crippen LogP contribution in [-0.4, -0.2) is 25.4 Å². The van der Waals surface area contributed by atoms with Crippen molar-refractivity contribution in [1.29, 1.82) is 0 Å². The molecular formula is C24H18ClN5O5. The van der Waals surface area contributed by atoms with Crippen molar-refractivity contribution in [1.82, 2.24) is 14.5 Å². The number of amides is 1. The normalized spacial score (nSPS) is 11.2. The van der Waals surface area contributed by atoms with E-state index in [1.165, 1.54) is 22.8 Å². The molecule has 2 aromatic heterocycles. The molecule has 2 N–H and O–H groups in total. The van der Waals surface area contributed by atoms with Gasteiger partial charge in [0.15, 0.2) is 5.58 Å². The van der Waals surface area contributed by atoms with Gasteiger partial charge in [-0.3, -0.25) is 19.5 Å². The first-order chi connectivity index (χ1) is 16.9. The van der Waals surface area contributed by atoms with Gasteiger partial charge in [-0.2, -0.15) is 0 Å². The maximum absolute atomic E-state index is 12.5. The number of nitro benzene ring substituents is 1. The van der Waals surface area contributed by atoms with E-state index in [-0.39, 0.29) is 30.1 Å². The zero-order valence-electron chi connectivity index (χ0n) is 18.2. The van der Waals surface area contributed by atoms with Gasteiger partial charge in [0.2, 0.25) is 5.91 Å². The predicted octanol–water partition coefficient (Wildman–Crippen LogP) is 5.12. The number of halogens is 1. The molecule has 5 aromatic rings. The highest BCUT2D eigenvalue weighted by atomic mass is 35.5. The molecule has 0 radical (unpaired) electrons. The minimum absolute atomic E-state index is 0.137. The number of non-ortho nitro benzene ring substituents is 1. The summed E-state index contributed by atoms with van der Waals surface area (Å²) in [4.78, 5) is 42.8. The number of carbonyl (C=O) groups excluding carboxylic acids is 1. The Bertz CT molecular complexity index is 1650. The van der Waals surface area contributed by atoms with Gasteiger partial charge >= 0.3 is 5.76 Å². The lowest BCUT2D eigenvalue weighted by Crippen LogP contribution is -2.17. The van der Waals surface area contributed by atoms with Crippen molar-refractivity contribution in [3.05, 3.63) is 86.4 Å². The molecule has 0 aliphatic carbocycles. The molecule has 0 unspecified atom stereocenters. The Morgan fingerprint density at radius 1 is 1.17 bits per heavy atom. The minimum atomic E-state index is -0.625. The Labute approximate surface area is 202 Å². The second kappa shape index (κ2) is 9.07. The molecule has 3 aromatic carbocycles. The Kier molecular flexibility index (Phi) is 5.79. The van der Waals surface area contributed by atoms with E-state index in [1.807, 2.05) is 18.2 Å². The molecule has 11 heteroatoms. The van der Waals surface area contributed by atoms with E-state index < -0.39 is 10.7 Å². The van der Waals surface area contributed by atoms with Gasteiger partial charge in [0, 0.05) is 30.3 Å². The maximum Gasteiger partial charge on any atom is 0.419 e. The van der Waals surface area contributed by atoms with Crippen LogP contribution in [0.3, 0.4) is 0 Å². The van der Waals surface area contributed by atoms with Gasteiger partial charge in [-0.25, -0.2) is 9.78 Å². The maximum atomic E-state index is 12.5. The standard InChI is InChI=1S/C24H18ClN5O5/c25-17-5-2-1-4-16(17)23-27-18-9-7-14(12-19(18)28-23)26-22(31)6-3-11-29-20-10-8-15(30(33)34)13-21(20)35-24(29)32/h1-2,4-5,7-10,12-13H,3,6,11H2,(H,26,31)(H,27,28). The quantitative estimate of drug-likeness (QED) is 0.239. The van der Waals surface area contributed by atoms with Crippen LogP contribution in [0.2, 0.25) is 5.02 Å². The fourth-order valence-electron chi connectivity index (χ4n) is 3.87. The van der Waals surface area contributed by atoms with Gasteiger partial charge < -0.3 is 14.7 Å². The van der Waals surface area contributed by atoms with Gasteiger partial charge in [-0.05, 0) is 42.8 Å². The topological polar surface area (TPSA) is 136 Å². The lowest BCUT2D eigenvalue weighted by Gasteiger charge is -2.06. The summed E-state index contributed by atoms with van der Waals surface area (Å²) in [5, 5.41) is 14.3. The number of benzene rings is 3. The summed E-state index contributed by atoms with van der Waals surface area (Å²) in [6.45, 7) is 0.234. The van der Waals surface area contributed by atoms with Crippen LogP contribution in [0.25, 0.3) is 33.5 Å². The third-order valence-corrected chi connectivity index (χ3v) is 5.87. The highest BCUT2D eigenvalue weighted by Gasteiger charge is 2.15. The third-order valence-electron chi connectivity index (χ3n) is 5.54. The molecule has 176 valence electrons. The smallest absolute Gasteiger partial charge is 0.407 e. The molecule has 0 aliphatic rings. The van der Waals surface area contributed by atoms with Crippen LogP contribution < -0.4 is 11.1 Å². The molecule has 35 heavy (non-hydrogen) atoms. The summed E-state index contributed by atoms with van der Waals surface area (Å²) in [5.41, 5.74) is 3.30. The molecule has 0 bridgehead atoms. The number of oxazole rings is 1. The fourth-order valence-corrected chi connectivity index (χ4v) is 4.10. The monoisotopic (exact) mass is 491 g/mol. The molecule has 2 heterocycles. The molecule has 0 atom stereocenters. The van der Waals surface area contributed by atoms with Crippen molar-refractivity contribution >= 4 is 51.0 Å². The Morgan fingerprint density at radius 2 is 2.00 bits per heavy atom.